The highest BCUT2D eigenvalue weighted by molar-refractivity contribution is 9.10. The highest BCUT2D eigenvalue weighted by atomic mass is 79.9. The number of anilines is 1. The molecule has 1 aromatic heterocycles. The van der Waals surface area contributed by atoms with E-state index in [0.29, 0.717) is 16.5 Å². The maximum atomic E-state index is 13.9. The van der Waals surface area contributed by atoms with E-state index in [4.69, 9.17) is 4.42 Å². The third-order valence-corrected chi connectivity index (χ3v) is 8.40. The van der Waals surface area contributed by atoms with Crippen LogP contribution in [0, 0.1) is 5.82 Å². The van der Waals surface area contributed by atoms with Gasteiger partial charge < -0.3 is 9.73 Å². The van der Waals surface area contributed by atoms with Crippen LogP contribution in [-0.2, 0) is 22.7 Å². The van der Waals surface area contributed by atoms with E-state index in [-0.39, 0.29) is 38.5 Å². The van der Waals surface area contributed by atoms with Crippen molar-refractivity contribution in [3.05, 3.63) is 87.1 Å². The van der Waals surface area contributed by atoms with Crippen LogP contribution in [-0.4, -0.2) is 27.6 Å². The lowest BCUT2D eigenvalue weighted by atomic mass is 10.00. The van der Waals surface area contributed by atoms with Gasteiger partial charge in [0.15, 0.2) is 0 Å². The quantitative estimate of drug-likeness (QED) is 0.217. The van der Waals surface area contributed by atoms with Crippen molar-refractivity contribution < 1.29 is 35.2 Å². The summed E-state index contributed by atoms with van der Waals surface area (Å²) in [4.78, 5) is 13.0. The van der Waals surface area contributed by atoms with Crippen molar-refractivity contribution in [2.75, 3.05) is 17.6 Å². The number of nitrogens with zero attached hydrogens (tertiary/aromatic N) is 1. The Morgan fingerprint density at radius 2 is 1.77 bits per heavy atom. The third-order valence-electron chi connectivity index (χ3n) is 6.78. The molecule has 1 N–H and O–H groups in total. The minimum absolute atomic E-state index is 0.0441. The monoisotopic (exact) mass is 638 g/mol. The summed E-state index contributed by atoms with van der Waals surface area (Å²) >= 11 is 3.06. The van der Waals surface area contributed by atoms with Crippen LogP contribution in [0.3, 0.4) is 0 Å². The molecule has 0 radical (unpaired) electrons. The lowest BCUT2D eigenvalue weighted by Crippen LogP contribution is -2.31. The number of hydrogen-bond acceptors (Lipinski definition) is 4. The van der Waals surface area contributed by atoms with E-state index in [9.17, 15) is 30.8 Å². The first-order valence-electron chi connectivity index (χ1n) is 12.2. The second kappa shape index (κ2) is 10.2. The molecule has 1 saturated carbocycles. The highest BCUT2D eigenvalue weighted by Gasteiger charge is 2.37. The molecule has 12 heteroatoms. The minimum Gasteiger partial charge on any atom is -0.455 e. The summed E-state index contributed by atoms with van der Waals surface area (Å²) < 4.78 is 88.6. The Bertz CT molecular complexity index is 1730. The summed E-state index contributed by atoms with van der Waals surface area (Å²) in [5, 5.41) is 2.99. The maximum Gasteiger partial charge on any atom is 0.416 e. The summed E-state index contributed by atoms with van der Waals surface area (Å²) in [5.41, 5.74) is 0.365. The molecule has 1 fully saturated rings. The number of halogens is 5. The van der Waals surface area contributed by atoms with Crippen molar-refractivity contribution in [3.8, 4) is 11.3 Å². The van der Waals surface area contributed by atoms with Crippen LogP contribution in [0.15, 0.2) is 63.5 Å². The van der Waals surface area contributed by atoms with Crippen LogP contribution in [0.2, 0.25) is 0 Å². The molecule has 0 unspecified atom stereocenters. The van der Waals surface area contributed by atoms with Crippen LogP contribution in [0.5, 0.6) is 0 Å². The van der Waals surface area contributed by atoms with Crippen molar-refractivity contribution in [1.29, 1.82) is 0 Å². The van der Waals surface area contributed by atoms with Crippen molar-refractivity contribution >= 4 is 48.5 Å². The molecule has 1 amide bonds. The fourth-order valence-electron chi connectivity index (χ4n) is 4.73. The number of fused-ring (bicyclic) bond motifs is 1. The Balaban J connectivity index is 1.73. The maximum absolute atomic E-state index is 13.9. The molecular weight excluding hydrogens is 616 g/mol. The predicted molar refractivity (Wildman–Crippen MR) is 147 cm³/mol. The molecule has 1 aliphatic carbocycles. The van der Waals surface area contributed by atoms with Gasteiger partial charge in [-0.1, -0.05) is 22.0 Å². The number of rotatable bonds is 7. The van der Waals surface area contributed by atoms with Crippen LogP contribution in [0.4, 0.5) is 23.2 Å². The van der Waals surface area contributed by atoms with E-state index < -0.39 is 40.0 Å². The van der Waals surface area contributed by atoms with E-state index in [1.54, 1.807) is 6.07 Å². The Kier molecular flexibility index (Phi) is 7.20. The summed E-state index contributed by atoms with van der Waals surface area (Å²) in [7, 11) is -2.62. The fourth-order valence-corrected chi connectivity index (χ4v) is 5.98. The van der Waals surface area contributed by atoms with Gasteiger partial charge in [-0.15, -0.1) is 0 Å². The van der Waals surface area contributed by atoms with Gasteiger partial charge in [-0.05, 0) is 72.4 Å². The Labute approximate surface area is 236 Å². The molecule has 4 aromatic rings. The topological polar surface area (TPSA) is 79.6 Å². The van der Waals surface area contributed by atoms with Crippen molar-refractivity contribution in [1.82, 2.24) is 5.32 Å². The van der Waals surface area contributed by atoms with Crippen LogP contribution in [0.1, 0.15) is 45.8 Å². The first-order valence-corrected chi connectivity index (χ1v) is 14.8. The normalized spacial score (nSPS) is 14.0. The van der Waals surface area contributed by atoms with Crippen molar-refractivity contribution in [2.45, 2.75) is 31.5 Å². The molecule has 210 valence electrons. The number of nitrogens with one attached hydrogen (secondary N) is 1. The van der Waals surface area contributed by atoms with Gasteiger partial charge in [-0.3, -0.25) is 9.10 Å². The number of hydrogen-bond donors (Lipinski definition) is 1. The SMILES string of the molecule is CNC(=O)c1c(-c2ccc(F)cc2)oc2cc(N(Cc3ccc(Br)cc3C(F)(F)F)S(C)(=O)=O)c(C3CC3)cc12. The lowest BCUT2D eigenvalue weighted by molar-refractivity contribution is -0.138. The van der Waals surface area contributed by atoms with Crippen LogP contribution >= 0.6 is 15.9 Å². The Morgan fingerprint density at radius 3 is 2.35 bits per heavy atom. The molecule has 5 rings (SSSR count). The molecule has 0 saturated heterocycles. The van der Waals surface area contributed by atoms with Gasteiger partial charge in [-0.25, -0.2) is 12.8 Å². The first-order chi connectivity index (χ1) is 18.8. The van der Waals surface area contributed by atoms with Gasteiger partial charge >= 0.3 is 6.18 Å². The number of alkyl halides is 3. The van der Waals surface area contributed by atoms with E-state index in [1.807, 2.05) is 0 Å². The number of carbonyl (C=O) groups is 1. The van der Waals surface area contributed by atoms with Gasteiger partial charge in [-0.2, -0.15) is 13.2 Å². The molecule has 0 atom stereocenters. The first kappa shape index (κ1) is 28.2. The number of benzene rings is 3. The van der Waals surface area contributed by atoms with Crippen LogP contribution in [0.25, 0.3) is 22.3 Å². The molecular formula is C28H23BrF4N2O4S. The zero-order chi connectivity index (χ0) is 29.0. The van der Waals surface area contributed by atoms with Gasteiger partial charge in [0.25, 0.3) is 5.91 Å². The molecule has 3 aromatic carbocycles. The summed E-state index contributed by atoms with van der Waals surface area (Å²) in [6.45, 7) is -0.569. The number of carbonyl (C=O) groups excluding carboxylic acids is 1. The van der Waals surface area contributed by atoms with Crippen molar-refractivity contribution in [3.63, 3.8) is 0 Å². The second-order valence-corrected chi connectivity index (χ2v) is 12.5. The average molecular weight is 639 g/mol. The Hall–Kier alpha value is -3.38. The molecule has 0 spiro atoms. The molecule has 0 bridgehead atoms. The Morgan fingerprint density at radius 1 is 1.10 bits per heavy atom. The molecule has 0 aliphatic heterocycles. The minimum atomic E-state index is -4.71. The smallest absolute Gasteiger partial charge is 0.416 e. The molecule has 1 heterocycles. The second-order valence-electron chi connectivity index (χ2n) is 9.64. The van der Waals surface area contributed by atoms with Gasteiger partial charge in [0, 0.05) is 28.5 Å². The summed E-state index contributed by atoms with van der Waals surface area (Å²) in [6, 6.07) is 12.1. The molecule has 40 heavy (non-hydrogen) atoms. The van der Waals surface area contributed by atoms with E-state index in [1.165, 1.54) is 49.5 Å². The largest absolute Gasteiger partial charge is 0.455 e. The van der Waals surface area contributed by atoms with Gasteiger partial charge in [0.2, 0.25) is 10.0 Å². The number of furan rings is 1. The molecule has 6 nitrogen and oxygen atoms in total. The lowest BCUT2D eigenvalue weighted by Gasteiger charge is -2.26. The summed E-state index contributed by atoms with van der Waals surface area (Å²) in [6.07, 6.45) is -2.28. The van der Waals surface area contributed by atoms with E-state index in [2.05, 4.69) is 21.2 Å². The highest BCUT2D eigenvalue weighted by Crippen LogP contribution is 2.48. The van der Waals surface area contributed by atoms with E-state index in [0.717, 1.165) is 29.5 Å². The number of amides is 1. The van der Waals surface area contributed by atoms with Gasteiger partial charge in [0.1, 0.15) is 17.2 Å². The summed E-state index contributed by atoms with van der Waals surface area (Å²) in [5.74, 6) is -0.823. The van der Waals surface area contributed by atoms with Crippen molar-refractivity contribution in [2.24, 2.45) is 0 Å². The molecule has 1 aliphatic rings. The van der Waals surface area contributed by atoms with E-state index >= 15 is 0 Å². The van der Waals surface area contributed by atoms with Gasteiger partial charge in [0.05, 0.1) is 29.6 Å². The zero-order valence-corrected chi connectivity index (χ0v) is 23.7. The number of sulfonamides is 1. The standard InChI is InChI=1S/C28H23BrF4N2O4S/c1-34-27(36)25-21-12-20(15-3-4-15)23(13-24(21)39-26(25)16-6-9-19(30)10-7-16)35(40(2,37)38)14-17-5-8-18(29)11-22(17)28(31,32)33/h5-13,15H,3-4,14H2,1-2H3,(H,34,36). The third kappa shape index (κ3) is 5.46. The van der Waals surface area contributed by atoms with Crippen LogP contribution < -0.4 is 9.62 Å². The predicted octanol–water partition coefficient (Wildman–Crippen LogP) is 7.22. The average Bonchev–Trinajstić information content (AvgIpc) is 3.66. The zero-order valence-electron chi connectivity index (χ0n) is 21.3. The fraction of sp³-hybridized carbons (Fsp3) is 0.250.